The molecule has 6 nitrogen and oxygen atoms in total. The van der Waals surface area contributed by atoms with Crippen LogP contribution < -0.4 is 4.52 Å². The van der Waals surface area contributed by atoms with Crippen molar-refractivity contribution in [1.82, 2.24) is 9.97 Å². The van der Waals surface area contributed by atoms with Crippen LogP contribution >= 0.6 is 7.82 Å². The molecular weight excluding hydrogens is 291 g/mol. The highest BCUT2D eigenvalue weighted by atomic mass is 31.2. The number of hydrogen-bond acceptors (Lipinski definition) is 6. The Kier molecular flexibility index (Phi) is 6.32. The van der Waals surface area contributed by atoms with E-state index < -0.39 is 7.82 Å². The third-order valence-corrected chi connectivity index (χ3v) is 4.02. The maximum atomic E-state index is 12.7. The zero-order valence-electron chi connectivity index (χ0n) is 13.8. The number of aryl methyl sites for hydroxylation is 1. The Hall–Kier alpha value is -0.970. The van der Waals surface area contributed by atoms with Gasteiger partial charge in [0.1, 0.15) is 5.82 Å². The molecule has 7 heteroatoms. The van der Waals surface area contributed by atoms with Crippen molar-refractivity contribution in [2.75, 3.05) is 0 Å². The van der Waals surface area contributed by atoms with Crippen molar-refractivity contribution < 1.29 is 18.1 Å². The van der Waals surface area contributed by atoms with Gasteiger partial charge in [-0.3, -0.25) is 9.05 Å². The van der Waals surface area contributed by atoms with Crippen LogP contribution in [-0.4, -0.2) is 22.2 Å². The van der Waals surface area contributed by atoms with Crippen molar-refractivity contribution >= 4 is 7.82 Å². The summed E-state index contributed by atoms with van der Waals surface area (Å²) in [6.07, 6.45) is -0.579. The van der Waals surface area contributed by atoms with E-state index in [9.17, 15) is 4.57 Å². The predicted octanol–water partition coefficient (Wildman–Crippen LogP) is 4.25. The lowest BCUT2D eigenvalue weighted by Gasteiger charge is -2.22. The molecule has 0 spiro atoms. The van der Waals surface area contributed by atoms with E-state index in [0.717, 1.165) is 5.69 Å². The van der Waals surface area contributed by atoms with Crippen LogP contribution in [0.4, 0.5) is 0 Å². The van der Waals surface area contributed by atoms with Gasteiger partial charge in [-0.05, 0) is 34.6 Å². The van der Waals surface area contributed by atoms with Gasteiger partial charge in [-0.15, -0.1) is 0 Å². The molecule has 0 fully saturated rings. The molecule has 0 atom stereocenters. The zero-order chi connectivity index (χ0) is 16.2. The standard InChI is InChI=1S/C14H25N2O4P/c1-9(2)14-15-12(7)8-13(16-14)20-21(17,18-10(3)4)19-11(5)6/h8-11H,1-7H3. The quantitative estimate of drug-likeness (QED) is 0.700. The van der Waals surface area contributed by atoms with Gasteiger partial charge in [-0.25, -0.2) is 9.55 Å². The molecular formula is C14H25N2O4P. The molecule has 0 N–H and O–H groups in total. The highest BCUT2D eigenvalue weighted by Gasteiger charge is 2.32. The van der Waals surface area contributed by atoms with Crippen molar-refractivity contribution in [2.24, 2.45) is 0 Å². The van der Waals surface area contributed by atoms with E-state index in [-0.39, 0.29) is 24.0 Å². The molecule has 120 valence electrons. The fraction of sp³-hybridized carbons (Fsp3) is 0.714. The Balaban J connectivity index is 3.05. The average molecular weight is 316 g/mol. The van der Waals surface area contributed by atoms with Crippen molar-refractivity contribution in [2.45, 2.75) is 66.6 Å². The summed E-state index contributed by atoms with van der Waals surface area (Å²) in [6, 6.07) is 1.62. The first-order valence-electron chi connectivity index (χ1n) is 7.13. The van der Waals surface area contributed by atoms with Crippen LogP contribution in [0, 0.1) is 6.92 Å². The van der Waals surface area contributed by atoms with Crippen LogP contribution in [0.5, 0.6) is 5.88 Å². The third-order valence-electron chi connectivity index (χ3n) is 2.25. The fourth-order valence-electron chi connectivity index (χ4n) is 1.57. The molecule has 0 saturated carbocycles. The lowest BCUT2D eigenvalue weighted by Crippen LogP contribution is -2.13. The molecule has 1 aromatic rings. The Morgan fingerprint density at radius 1 is 1.00 bits per heavy atom. The summed E-state index contributed by atoms with van der Waals surface area (Å²) in [4.78, 5) is 8.59. The molecule has 0 amide bonds. The summed E-state index contributed by atoms with van der Waals surface area (Å²) in [6.45, 7) is 12.9. The van der Waals surface area contributed by atoms with Gasteiger partial charge in [0.15, 0.2) is 0 Å². The monoisotopic (exact) mass is 316 g/mol. The topological polar surface area (TPSA) is 70.5 Å². The minimum absolute atomic E-state index is 0.142. The first-order chi connectivity index (χ1) is 9.61. The van der Waals surface area contributed by atoms with E-state index in [1.165, 1.54) is 0 Å². The molecule has 0 aliphatic rings. The van der Waals surface area contributed by atoms with E-state index in [0.29, 0.717) is 5.82 Å². The van der Waals surface area contributed by atoms with E-state index in [1.807, 2.05) is 20.8 Å². The van der Waals surface area contributed by atoms with Crippen LogP contribution in [0.2, 0.25) is 0 Å². The maximum Gasteiger partial charge on any atom is 0.531 e. The number of aromatic nitrogens is 2. The lowest BCUT2D eigenvalue weighted by molar-refractivity contribution is 0.102. The van der Waals surface area contributed by atoms with Crippen LogP contribution in [0.15, 0.2) is 6.07 Å². The normalized spacial score (nSPS) is 12.5. The first kappa shape index (κ1) is 18.1. The smallest absolute Gasteiger partial charge is 0.385 e. The summed E-state index contributed by atoms with van der Waals surface area (Å²) in [7, 11) is -3.71. The molecule has 0 aliphatic heterocycles. The number of nitrogens with zero attached hydrogens (tertiary/aromatic N) is 2. The molecule has 21 heavy (non-hydrogen) atoms. The lowest BCUT2D eigenvalue weighted by atomic mass is 10.2. The number of phosphoric ester groups is 1. The maximum absolute atomic E-state index is 12.7. The van der Waals surface area contributed by atoms with E-state index in [4.69, 9.17) is 13.6 Å². The summed E-state index contributed by atoms with van der Waals surface area (Å²) >= 11 is 0. The van der Waals surface area contributed by atoms with Crippen molar-refractivity contribution in [3.63, 3.8) is 0 Å². The number of hydrogen-bond donors (Lipinski definition) is 0. The van der Waals surface area contributed by atoms with Gasteiger partial charge in [-0.2, -0.15) is 4.98 Å². The van der Waals surface area contributed by atoms with E-state index >= 15 is 0 Å². The van der Waals surface area contributed by atoms with Gasteiger partial charge < -0.3 is 4.52 Å². The highest BCUT2D eigenvalue weighted by Crippen LogP contribution is 2.51. The van der Waals surface area contributed by atoms with Crippen molar-refractivity contribution in [1.29, 1.82) is 0 Å². The van der Waals surface area contributed by atoms with E-state index in [1.54, 1.807) is 33.8 Å². The molecule has 0 unspecified atom stereocenters. The molecule has 0 aromatic carbocycles. The Morgan fingerprint density at radius 3 is 1.95 bits per heavy atom. The molecule has 1 heterocycles. The molecule has 0 aliphatic carbocycles. The van der Waals surface area contributed by atoms with Crippen LogP contribution in [0.1, 0.15) is 59.0 Å². The molecule has 0 saturated heterocycles. The van der Waals surface area contributed by atoms with Gasteiger partial charge in [0, 0.05) is 17.7 Å². The van der Waals surface area contributed by atoms with Crippen LogP contribution in [0.3, 0.4) is 0 Å². The van der Waals surface area contributed by atoms with Crippen LogP contribution in [0.25, 0.3) is 0 Å². The van der Waals surface area contributed by atoms with Crippen molar-refractivity contribution in [3.8, 4) is 5.88 Å². The average Bonchev–Trinajstić information content (AvgIpc) is 2.24. The number of rotatable bonds is 7. The molecule has 0 bridgehead atoms. The first-order valence-corrected chi connectivity index (χ1v) is 8.59. The molecule has 1 rings (SSSR count). The minimum Gasteiger partial charge on any atom is -0.385 e. The Labute approximate surface area is 126 Å². The summed E-state index contributed by atoms with van der Waals surface area (Å²) in [5.41, 5.74) is 0.740. The Morgan fingerprint density at radius 2 is 1.52 bits per heavy atom. The molecule has 0 radical (unpaired) electrons. The van der Waals surface area contributed by atoms with Gasteiger partial charge in [0.05, 0.1) is 12.2 Å². The second-order valence-electron chi connectivity index (χ2n) is 5.71. The summed E-state index contributed by atoms with van der Waals surface area (Å²) < 4.78 is 28.8. The summed E-state index contributed by atoms with van der Waals surface area (Å²) in [5.74, 6) is 0.977. The third kappa shape index (κ3) is 6.12. The number of phosphoric acid groups is 1. The van der Waals surface area contributed by atoms with Gasteiger partial charge in [0.25, 0.3) is 0 Å². The van der Waals surface area contributed by atoms with Crippen molar-refractivity contribution in [3.05, 3.63) is 17.6 Å². The summed E-state index contributed by atoms with van der Waals surface area (Å²) in [5, 5.41) is 0. The minimum atomic E-state index is -3.71. The van der Waals surface area contributed by atoms with Gasteiger partial charge in [0.2, 0.25) is 5.88 Å². The SMILES string of the molecule is Cc1cc(OP(=O)(OC(C)C)OC(C)C)nc(C(C)C)n1. The second kappa shape index (κ2) is 7.34. The van der Waals surface area contributed by atoms with E-state index in [2.05, 4.69) is 9.97 Å². The van der Waals surface area contributed by atoms with Gasteiger partial charge in [-0.1, -0.05) is 13.8 Å². The predicted molar refractivity (Wildman–Crippen MR) is 81.5 cm³/mol. The largest absolute Gasteiger partial charge is 0.531 e. The van der Waals surface area contributed by atoms with Crippen LogP contribution in [-0.2, 0) is 13.6 Å². The Bertz CT molecular complexity index is 504. The second-order valence-corrected chi connectivity index (χ2v) is 7.21. The molecule has 1 aromatic heterocycles. The van der Waals surface area contributed by atoms with Gasteiger partial charge >= 0.3 is 7.82 Å². The highest BCUT2D eigenvalue weighted by molar-refractivity contribution is 7.49. The zero-order valence-corrected chi connectivity index (χ0v) is 14.7. The fourth-order valence-corrected chi connectivity index (χ4v) is 3.06.